The topological polar surface area (TPSA) is 16.1 Å². The van der Waals surface area contributed by atoms with Gasteiger partial charge in [0.2, 0.25) is 0 Å². The van der Waals surface area contributed by atoms with Crippen molar-refractivity contribution in [3.05, 3.63) is 36.5 Å². The Kier molecular flexibility index (Phi) is 5.02. The van der Waals surface area contributed by atoms with Crippen LogP contribution < -0.4 is 0 Å². The monoisotopic (exact) mass is 260 g/mol. The minimum absolute atomic E-state index is 1.12. The van der Waals surface area contributed by atoms with Gasteiger partial charge in [0.15, 0.2) is 0 Å². The Bertz CT molecular complexity index is 489. The smallest absolute Gasteiger partial charge is 0.0837 e. The van der Waals surface area contributed by atoms with Crippen molar-refractivity contribution in [1.82, 2.24) is 9.88 Å². The molecular formula is C15H20N2S. The molecule has 0 aliphatic carbocycles. The lowest BCUT2D eigenvalue weighted by atomic mass is 10.2. The van der Waals surface area contributed by atoms with Crippen LogP contribution in [0.1, 0.15) is 13.8 Å². The number of hydrogen-bond acceptors (Lipinski definition) is 3. The maximum atomic E-state index is 4.48. The van der Waals surface area contributed by atoms with E-state index in [9.17, 15) is 0 Å². The lowest BCUT2D eigenvalue weighted by molar-refractivity contribution is 0.324. The SMILES string of the molecule is CCN(CC)CCSc1cccc2cccnc12. The molecule has 0 N–H and O–H groups in total. The van der Waals surface area contributed by atoms with Gasteiger partial charge in [0, 0.05) is 28.8 Å². The molecule has 1 aromatic carbocycles. The summed E-state index contributed by atoms with van der Waals surface area (Å²) in [5.74, 6) is 1.12. The van der Waals surface area contributed by atoms with E-state index in [1.54, 1.807) is 0 Å². The highest BCUT2D eigenvalue weighted by molar-refractivity contribution is 7.99. The molecule has 3 heteroatoms. The van der Waals surface area contributed by atoms with Crippen molar-refractivity contribution in [2.24, 2.45) is 0 Å². The summed E-state index contributed by atoms with van der Waals surface area (Å²) in [5, 5.41) is 1.23. The molecule has 2 rings (SSSR count). The fourth-order valence-corrected chi connectivity index (χ4v) is 3.07. The summed E-state index contributed by atoms with van der Waals surface area (Å²) < 4.78 is 0. The van der Waals surface area contributed by atoms with Gasteiger partial charge in [0.05, 0.1) is 5.52 Å². The second-order valence-corrected chi connectivity index (χ2v) is 5.34. The van der Waals surface area contributed by atoms with Crippen molar-refractivity contribution in [1.29, 1.82) is 0 Å². The largest absolute Gasteiger partial charge is 0.303 e. The van der Waals surface area contributed by atoms with Gasteiger partial charge in [-0.15, -0.1) is 11.8 Å². The molecule has 1 aromatic heterocycles. The lowest BCUT2D eigenvalue weighted by Gasteiger charge is -2.17. The first-order valence-electron chi connectivity index (χ1n) is 6.54. The molecule has 2 nitrogen and oxygen atoms in total. The first-order chi connectivity index (χ1) is 8.85. The van der Waals surface area contributed by atoms with E-state index < -0.39 is 0 Å². The van der Waals surface area contributed by atoms with Crippen molar-refractivity contribution >= 4 is 22.7 Å². The van der Waals surface area contributed by atoms with Gasteiger partial charge in [0.25, 0.3) is 0 Å². The van der Waals surface area contributed by atoms with E-state index in [1.165, 1.54) is 10.3 Å². The Morgan fingerprint density at radius 3 is 2.67 bits per heavy atom. The van der Waals surface area contributed by atoms with Gasteiger partial charge < -0.3 is 4.90 Å². The molecule has 0 amide bonds. The van der Waals surface area contributed by atoms with Crippen LogP contribution in [-0.2, 0) is 0 Å². The Morgan fingerprint density at radius 2 is 1.89 bits per heavy atom. The summed E-state index contributed by atoms with van der Waals surface area (Å²) >= 11 is 1.90. The summed E-state index contributed by atoms with van der Waals surface area (Å²) in [7, 11) is 0. The van der Waals surface area contributed by atoms with Crippen molar-refractivity contribution in [2.45, 2.75) is 18.7 Å². The highest BCUT2D eigenvalue weighted by Crippen LogP contribution is 2.25. The van der Waals surface area contributed by atoms with E-state index in [2.05, 4.69) is 48.0 Å². The summed E-state index contributed by atoms with van der Waals surface area (Å²) in [5.41, 5.74) is 1.13. The van der Waals surface area contributed by atoms with Crippen molar-refractivity contribution < 1.29 is 0 Å². The molecule has 1 heterocycles. The summed E-state index contributed by atoms with van der Waals surface area (Å²) in [6.07, 6.45) is 1.87. The number of aromatic nitrogens is 1. The zero-order valence-electron chi connectivity index (χ0n) is 11.1. The number of benzene rings is 1. The normalized spacial score (nSPS) is 11.3. The average molecular weight is 260 g/mol. The highest BCUT2D eigenvalue weighted by Gasteiger charge is 2.03. The molecule has 2 aromatic rings. The minimum Gasteiger partial charge on any atom is -0.303 e. The van der Waals surface area contributed by atoms with Gasteiger partial charge in [-0.2, -0.15) is 0 Å². The van der Waals surface area contributed by atoms with Crippen LogP contribution in [0.5, 0.6) is 0 Å². The third-order valence-corrected chi connectivity index (χ3v) is 4.18. The van der Waals surface area contributed by atoms with Gasteiger partial charge in [-0.3, -0.25) is 4.98 Å². The van der Waals surface area contributed by atoms with Gasteiger partial charge >= 0.3 is 0 Å². The number of rotatable bonds is 6. The molecule has 0 spiro atoms. The number of pyridine rings is 1. The molecular weight excluding hydrogens is 240 g/mol. The maximum absolute atomic E-state index is 4.48. The molecule has 0 aliphatic rings. The molecule has 0 saturated heterocycles. The van der Waals surface area contributed by atoms with Crippen molar-refractivity contribution in [3.63, 3.8) is 0 Å². The van der Waals surface area contributed by atoms with Gasteiger partial charge in [-0.25, -0.2) is 0 Å². The van der Waals surface area contributed by atoms with Crippen LogP contribution >= 0.6 is 11.8 Å². The number of fused-ring (bicyclic) bond motifs is 1. The first kappa shape index (κ1) is 13.4. The Balaban J connectivity index is 2.03. The number of hydrogen-bond donors (Lipinski definition) is 0. The van der Waals surface area contributed by atoms with Gasteiger partial charge in [0.1, 0.15) is 0 Å². The van der Waals surface area contributed by atoms with Gasteiger partial charge in [-0.05, 0) is 25.2 Å². The zero-order valence-corrected chi connectivity index (χ0v) is 11.9. The molecule has 0 atom stereocenters. The van der Waals surface area contributed by atoms with Crippen molar-refractivity contribution in [3.8, 4) is 0 Å². The Hall–Kier alpha value is -1.06. The van der Waals surface area contributed by atoms with E-state index in [-0.39, 0.29) is 0 Å². The van der Waals surface area contributed by atoms with Crippen molar-refractivity contribution in [2.75, 3.05) is 25.4 Å². The van der Waals surface area contributed by atoms with E-state index in [0.29, 0.717) is 0 Å². The molecule has 0 radical (unpaired) electrons. The summed E-state index contributed by atoms with van der Waals surface area (Å²) in [6, 6.07) is 10.5. The number of para-hydroxylation sites is 1. The second-order valence-electron chi connectivity index (χ2n) is 4.21. The van der Waals surface area contributed by atoms with Crippen LogP contribution in [0, 0.1) is 0 Å². The fourth-order valence-electron chi connectivity index (χ4n) is 2.02. The third-order valence-electron chi connectivity index (χ3n) is 3.16. The van der Waals surface area contributed by atoms with Crippen LogP contribution in [0.2, 0.25) is 0 Å². The third kappa shape index (κ3) is 3.24. The van der Waals surface area contributed by atoms with E-state index >= 15 is 0 Å². The fraction of sp³-hybridized carbons (Fsp3) is 0.400. The zero-order chi connectivity index (χ0) is 12.8. The summed E-state index contributed by atoms with van der Waals surface area (Å²) in [4.78, 5) is 8.23. The predicted molar refractivity (Wildman–Crippen MR) is 80.3 cm³/mol. The minimum atomic E-state index is 1.12. The standard InChI is InChI=1S/C15H20N2S/c1-3-17(4-2)11-12-18-14-9-5-7-13-8-6-10-16-15(13)14/h5-10H,3-4,11-12H2,1-2H3. The van der Waals surface area contributed by atoms with E-state index in [0.717, 1.165) is 30.9 Å². The summed E-state index contributed by atoms with van der Waals surface area (Å²) in [6.45, 7) is 7.83. The van der Waals surface area contributed by atoms with Crippen LogP contribution in [-0.4, -0.2) is 35.3 Å². The number of nitrogens with zero attached hydrogens (tertiary/aromatic N) is 2. The highest BCUT2D eigenvalue weighted by atomic mass is 32.2. The molecule has 18 heavy (non-hydrogen) atoms. The maximum Gasteiger partial charge on any atom is 0.0837 e. The van der Waals surface area contributed by atoms with Crippen LogP contribution in [0.15, 0.2) is 41.4 Å². The number of thioether (sulfide) groups is 1. The second kappa shape index (κ2) is 6.76. The molecule has 0 unspecified atom stereocenters. The Labute approximate surface area is 113 Å². The molecule has 0 aliphatic heterocycles. The molecule has 96 valence electrons. The molecule has 0 saturated carbocycles. The lowest BCUT2D eigenvalue weighted by Crippen LogP contribution is -2.25. The molecule has 0 fully saturated rings. The Morgan fingerprint density at radius 1 is 1.11 bits per heavy atom. The van der Waals surface area contributed by atoms with Crippen LogP contribution in [0.25, 0.3) is 10.9 Å². The predicted octanol–water partition coefficient (Wildman–Crippen LogP) is 3.67. The molecule has 0 bridgehead atoms. The quantitative estimate of drug-likeness (QED) is 0.737. The van der Waals surface area contributed by atoms with Crippen LogP contribution in [0.4, 0.5) is 0 Å². The van der Waals surface area contributed by atoms with E-state index in [1.807, 2.05) is 24.0 Å². The average Bonchev–Trinajstić information content (AvgIpc) is 2.44. The van der Waals surface area contributed by atoms with Gasteiger partial charge in [-0.1, -0.05) is 32.0 Å². The van der Waals surface area contributed by atoms with Crippen LogP contribution in [0.3, 0.4) is 0 Å². The first-order valence-corrected chi connectivity index (χ1v) is 7.52. The van der Waals surface area contributed by atoms with E-state index in [4.69, 9.17) is 0 Å².